The van der Waals surface area contributed by atoms with Crippen molar-refractivity contribution >= 4 is 16.8 Å². The minimum atomic E-state index is -1.19. The van der Waals surface area contributed by atoms with Crippen LogP contribution in [0.1, 0.15) is 17.3 Å². The number of imidazole rings is 1. The van der Waals surface area contributed by atoms with E-state index >= 15 is 0 Å². The largest absolute Gasteiger partial charge is 0.503 e. The molecule has 2 heterocycles. The molecule has 136 valence electrons. The maximum atomic E-state index is 14.5. The van der Waals surface area contributed by atoms with Crippen molar-refractivity contribution in [3.05, 3.63) is 59.9 Å². The zero-order chi connectivity index (χ0) is 19.3. The average Bonchev–Trinajstić information content (AvgIpc) is 3.20. The topological polar surface area (TPSA) is 91.1 Å². The van der Waals surface area contributed by atoms with Gasteiger partial charge in [0, 0.05) is 5.56 Å². The third kappa shape index (κ3) is 2.45. The molecular weight excluding hydrogens is 356 g/mol. The molecule has 0 unspecified atom stereocenters. The van der Waals surface area contributed by atoms with E-state index in [1.807, 2.05) is 0 Å². The number of aromatic amines is 1. The number of aromatic hydroxyl groups is 2. The lowest BCUT2D eigenvalue weighted by molar-refractivity contribution is 0.101. The highest BCUT2D eigenvalue weighted by Crippen LogP contribution is 2.44. The number of H-pyrrole nitrogens is 1. The van der Waals surface area contributed by atoms with E-state index in [0.29, 0.717) is 16.7 Å². The van der Waals surface area contributed by atoms with E-state index in [4.69, 9.17) is 0 Å². The van der Waals surface area contributed by atoms with Crippen LogP contribution < -0.4 is 0 Å². The Labute approximate surface area is 151 Å². The van der Waals surface area contributed by atoms with Gasteiger partial charge < -0.3 is 15.2 Å². The molecule has 0 saturated heterocycles. The molecular formula is C19H13F2N3O3. The first kappa shape index (κ1) is 16.8. The molecule has 0 amide bonds. The molecule has 8 heteroatoms. The smallest absolute Gasteiger partial charge is 0.240 e. The van der Waals surface area contributed by atoms with Crippen molar-refractivity contribution in [2.24, 2.45) is 0 Å². The third-order valence-electron chi connectivity index (χ3n) is 4.34. The third-order valence-corrected chi connectivity index (χ3v) is 4.34. The molecule has 0 atom stereocenters. The number of carbonyl (C=O) groups is 1. The van der Waals surface area contributed by atoms with Gasteiger partial charge in [0.2, 0.25) is 5.88 Å². The maximum absolute atomic E-state index is 14.5. The van der Waals surface area contributed by atoms with E-state index < -0.39 is 29.0 Å². The maximum Gasteiger partial charge on any atom is 0.240 e. The summed E-state index contributed by atoms with van der Waals surface area (Å²) in [7, 11) is 0. The van der Waals surface area contributed by atoms with Crippen LogP contribution in [-0.2, 0) is 0 Å². The highest BCUT2D eigenvalue weighted by Gasteiger charge is 2.29. The van der Waals surface area contributed by atoms with Gasteiger partial charge in [-0.1, -0.05) is 6.07 Å². The van der Waals surface area contributed by atoms with Gasteiger partial charge in [-0.15, -0.1) is 0 Å². The molecule has 4 aromatic rings. The summed E-state index contributed by atoms with van der Waals surface area (Å²) in [6.45, 7) is 1.16. The Bertz CT molecular complexity index is 1210. The predicted octanol–water partition coefficient (Wildman–Crippen LogP) is 3.91. The highest BCUT2D eigenvalue weighted by atomic mass is 19.2. The first-order valence-electron chi connectivity index (χ1n) is 7.95. The number of ketones is 1. The average molecular weight is 369 g/mol. The van der Waals surface area contributed by atoms with Gasteiger partial charge in [-0.25, -0.2) is 13.8 Å². The van der Waals surface area contributed by atoms with Crippen LogP contribution in [0.2, 0.25) is 0 Å². The van der Waals surface area contributed by atoms with E-state index in [1.54, 1.807) is 18.2 Å². The number of aromatic nitrogens is 3. The van der Waals surface area contributed by atoms with Gasteiger partial charge >= 0.3 is 0 Å². The zero-order valence-electron chi connectivity index (χ0n) is 14.0. The molecule has 0 saturated carbocycles. The lowest BCUT2D eigenvalue weighted by Crippen LogP contribution is -2.03. The molecule has 3 N–H and O–H groups in total. The van der Waals surface area contributed by atoms with Crippen molar-refractivity contribution < 1.29 is 23.8 Å². The minimum Gasteiger partial charge on any atom is -0.503 e. The number of halogens is 2. The van der Waals surface area contributed by atoms with Gasteiger partial charge in [0.25, 0.3) is 0 Å². The number of nitrogens with zero attached hydrogens (tertiary/aromatic N) is 2. The Morgan fingerprint density at radius 2 is 1.96 bits per heavy atom. The molecule has 2 aromatic heterocycles. The summed E-state index contributed by atoms with van der Waals surface area (Å²) in [5.74, 6) is -4.27. The molecule has 0 aliphatic rings. The molecule has 0 radical (unpaired) electrons. The Kier molecular flexibility index (Phi) is 3.69. The first-order chi connectivity index (χ1) is 12.9. The van der Waals surface area contributed by atoms with Gasteiger partial charge in [0.1, 0.15) is 0 Å². The Morgan fingerprint density at radius 1 is 1.19 bits per heavy atom. The van der Waals surface area contributed by atoms with Gasteiger partial charge in [-0.05, 0) is 37.3 Å². The number of nitrogens with one attached hydrogen (secondary N) is 1. The zero-order valence-corrected chi connectivity index (χ0v) is 14.0. The van der Waals surface area contributed by atoms with E-state index in [1.165, 1.54) is 18.5 Å². The highest BCUT2D eigenvalue weighted by molar-refractivity contribution is 6.04. The van der Waals surface area contributed by atoms with Gasteiger partial charge in [-0.2, -0.15) is 0 Å². The normalized spacial score (nSPS) is 11.2. The number of fused-ring (bicyclic) bond motifs is 1. The summed E-state index contributed by atoms with van der Waals surface area (Å²) in [4.78, 5) is 19.1. The summed E-state index contributed by atoms with van der Waals surface area (Å²) < 4.78 is 29.4. The van der Waals surface area contributed by atoms with E-state index in [2.05, 4.69) is 9.97 Å². The second-order valence-electron chi connectivity index (χ2n) is 5.99. The van der Waals surface area contributed by atoms with Gasteiger partial charge in [0.05, 0.1) is 34.3 Å². The fourth-order valence-electron chi connectivity index (χ4n) is 3.14. The van der Waals surface area contributed by atoms with E-state index in [0.717, 1.165) is 17.6 Å². The predicted molar refractivity (Wildman–Crippen MR) is 94.1 cm³/mol. The lowest BCUT2D eigenvalue weighted by atomic mass is 10.0. The number of Topliss-reactive ketones (excluding diaryl/α,β-unsaturated/α-hetero) is 1. The second-order valence-corrected chi connectivity index (χ2v) is 5.99. The van der Waals surface area contributed by atoms with Crippen LogP contribution in [0, 0.1) is 11.6 Å². The van der Waals surface area contributed by atoms with Crippen LogP contribution in [0.15, 0.2) is 42.7 Å². The first-order valence-corrected chi connectivity index (χ1v) is 7.95. The van der Waals surface area contributed by atoms with Crippen molar-refractivity contribution in [3.8, 4) is 28.6 Å². The number of benzene rings is 2. The fourth-order valence-corrected chi connectivity index (χ4v) is 3.14. The van der Waals surface area contributed by atoms with Crippen LogP contribution in [0.3, 0.4) is 0 Å². The van der Waals surface area contributed by atoms with Gasteiger partial charge in [0.15, 0.2) is 23.2 Å². The molecule has 0 aliphatic carbocycles. The summed E-state index contributed by atoms with van der Waals surface area (Å²) >= 11 is 0. The van der Waals surface area contributed by atoms with Crippen LogP contribution in [-0.4, -0.2) is 30.5 Å². The van der Waals surface area contributed by atoms with Crippen molar-refractivity contribution in [1.82, 2.24) is 14.5 Å². The number of carbonyl (C=O) groups excluding carboxylic acids is 1. The molecule has 0 bridgehead atoms. The van der Waals surface area contributed by atoms with Crippen LogP contribution >= 0.6 is 0 Å². The van der Waals surface area contributed by atoms with Crippen molar-refractivity contribution in [2.75, 3.05) is 0 Å². The lowest BCUT2D eigenvalue weighted by Gasteiger charge is -2.12. The quantitative estimate of drug-likeness (QED) is 0.478. The SMILES string of the molecule is CC(=O)c1c(O)c(O)n(-c2ccc3nc[nH]c3c2)c1-c1cccc(F)c1F. The summed E-state index contributed by atoms with van der Waals surface area (Å²) in [6, 6.07) is 8.32. The number of rotatable bonds is 3. The molecule has 0 spiro atoms. The van der Waals surface area contributed by atoms with Crippen molar-refractivity contribution in [3.63, 3.8) is 0 Å². The Balaban J connectivity index is 2.11. The molecule has 6 nitrogen and oxygen atoms in total. The van der Waals surface area contributed by atoms with Crippen LogP contribution in [0.25, 0.3) is 28.0 Å². The van der Waals surface area contributed by atoms with Crippen LogP contribution in [0.5, 0.6) is 11.6 Å². The van der Waals surface area contributed by atoms with Crippen molar-refractivity contribution in [2.45, 2.75) is 6.92 Å². The van der Waals surface area contributed by atoms with E-state index in [9.17, 15) is 23.8 Å². The molecule has 2 aromatic carbocycles. The fraction of sp³-hybridized carbons (Fsp3) is 0.0526. The number of hydrogen-bond donors (Lipinski definition) is 3. The van der Waals surface area contributed by atoms with Gasteiger partial charge in [-0.3, -0.25) is 9.36 Å². The molecule has 4 rings (SSSR count). The molecule has 27 heavy (non-hydrogen) atoms. The standard InChI is InChI=1S/C19H13F2N3O3/c1-9(25)15-17(11-3-2-4-12(20)16(11)21)24(19(27)18(15)26)10-5-6-13-14(7-10)23-8-22-13/h2-8,26-27H,1H3,(H,22,23). The second kappa shape index (κ2) is 5.94. The van der Waals surface area contributed by atoms with E-state index in [-0.39, 0.29) is 16.8 Å². The summed E-state index contributed by atoms with van der Waals surface area (Å²) in [6.07, 6.45) is 1.48. The van der Waals surface area contributed by atoms with Crippen molar-refractivity contribution in [1.29, 1.82) is 0 Å². The summed E-state index contributed by atoms with van der Waals surface area (Å²) in [5.41, 5.74) is 0.885. The molecule has 0 fully saturated rings. The minimum absolute atomic E-state index is 0.145. The Hall–Kier alpha value is -3.68. The Morgan fingerprint density at radius 3 is 2.70 bits per heavy atom. The molecule has 0 aliphatic heterocycles. The number of hydrogen-bond acceptors (Lipinski definition) is 4. The summed E-state index contributed by atoms with van der Waals surface area (Å²) in [5, 5.41) is 20.8. The van der Waals surface area contributed by atoms with Crippen LogP contribution in [0.4, 0.5) is 8.78 Å². The monoisotopic (exact) mass is 369 g/mol.